The zero-order valence-electron chi connectivity index (χ0n) is 14.4. The molecule has 0 unspecified atom stereocenters. The molecule has 0 aliphatic carbocycles. The SMILES string of the molecule is COc1ccc2c(=O)c3c(-c4cccs4)[nH]c(CC(C)C)c3oc2c1. The lowest BCUT2D eigenvalue weighted by molar-refractivity contribution is 0.414. The Balaban J connectivity index is 2.10. The van der Waals surface area contributed by atoms with Crippen LogP contribution in [0.2, 0.25) is 0 Å². The summed E-state index contributed by atoms with van der Waals surface area (Å²) in [6.07, 6.45) is 0.820. The second kappa shape index (κ2) is 6.08. The molecule has 128 valence electrons. The summed E-state index contributed by atoms with van der Waals surface area (Å²) in [6, 6.07) is 9.34. The van der Waals surface area contributed by atoms with Gasteiger partial charge in [-0.15, -0.1) is 11.3 Å². The molecule has 0 bridgehead atoms. The van der Waals surface area contributed by atoms with Gasteiger partial charge in [0.2, 0.25) is 5.43 Å². The van der Waals surface area contributed by atoms with Gasteiger partial charge in [-0.3, -0.25) is 4.79 Å². The van der Waals surface area contributed by atoms with E-state index >= 15 is 0 Å². The molecule has 0 aliphatic heterocycles. The van der Waals surface area contributed by atoms with Crippen LogP contribution in [-0.2, 0) is 6.42 Å². The van der Waals surface area contributed by atoms with E-state index in [1.165, 1.54) is 0 Å². The van der Waals surface area contributed by atoms with Crippen LogP contribution in [0.3, 0.4) is 0 Å². The van der Waals surface area contributed by atoms with Crippen LogP contribution in [0.1, 0.15) is 19.5 Å². The summed E-state index contributed by atoms with van der Waals surface area (Å²) < 4.78 is 11.4. The van der Waals surface area contributed by atoms with Crippen LogP contribution in [0.4, 0.5) is 0 Å². The van der Waals surface area contributed by atoms with Crippen LogP contribution < -0.4 is 10.2 Å². The van der Waals surface area contributed by atoms with Crippen molar-refractivity contribution in [1.29, 1.82) is 0 Å². The Morgan fingerprint density at radius 1 is 1.28 bits per heavy atom. The number of aromatic nitrogens is 1. The number of hydrogen-bond acceptors (Lipinski definition) is 4. The Bertz CT molecular complexity index is 1100. The fourth-order valence-electron chi connectivity index (χ4n) is 3.17. The van der Waals surface area contributed by atoms with E-state index in [1.807, 2.05) is 17.5 Å². The molecule has 0 saturated heterocycles. The third kappa shape index (κ3) is 2.65. The van der Waals surface area contributed by atoms with Crippen molar-refractivity contribution in [3.8, 4) is 16.3 Å². The van der Waals surface area contributed by atoms with E-state index in [1.54, 1.807) is 36.6 Å². The van der Waals surface area contributed by atoms with Gasteiger partial charge in [0, 0.05) is 6.07 Å². The van der Waals surface area contributed by atoms with Gasteiger partial charge in [-0.2, -0.15) is 0 Å². The van der Waals surface area contributed by atoms with Crippen molar-refractivity contribution in [1.82, 2.24) is 4.98 Å². The summed E-state index contributed by atoms with van der Waals surface area (Å²) in [5, 5.41) is 3.22. The van der Waals surface area contributed by atoms with E-state index in [-0.39, 0.29) is 5.43 Å². The predicted molar refractivity (Wildman–Crippen MR) is 103 cm³/mol. The van der Waals surface area contributed by atoms with Crippen molar-refractivity contribution in [2.45, 2.75) is 20.3 Å². The maximum absolute atomic E-state index is 13.2. The smallest absolute Gasteiger partial charge is 0.202 e. The van der Waals surface area contributed by atoms with Gasteiger partial charge in [0.25, 0.3) is 0 Å². The van der Waals surface area contributed by atoms with Gasteiger partial charge >= 0.3 is 0 Å². The fraction of sp³-hybridized carbons (Fsp3) is 0.250. The first-order chi connectivity index (χ1) is 12.1. The van der Waals surface area contributed by atoms with Crippen LogP contribution >= 0.6 is 11.3 Å². The van der Waals surface area contributed by atoms with Gasteiger partial charge in [0.1, 0.15) is 11.3 Å². The highest BCUT2D eigenvalue weighted by Crippen LogP contribution is 2.34. The number of benzene rings is 1. The van der Waals surface area contributed by atoms with E-state index in [4.69, 9.17) is 9.15 Å². The first-order valence-electron chi connectivity index (χ1n) is 8.27. The van der Waals surface area contributed by atoms with Gasteiger partial charge in [0.15, 0.2) is 5.58 Å². The molecule has 3 heterocycles. The average Bonchev–Trinajstić information content (AvgIpc) is 3.22. The second-order valence-electron chi connectivity index (χ2n) is 6.55. The first kappa shape index (κ1) is 16.0. The molecule has 0 radical (unpaired) electrons. The predicted octanol–water partition coefficient (Wildman–Crippen LogP) is 5.21. The molecule has 4 nitrogen and oxygen atoms in total. The van der Waals surface area contributed by atoms with E-state index in [0.29, 0.717) is 33.6 Å². The summed E-state index contributed by atoms with van der Waals surface area (Å²) in [7, 11) is 1.60. The number of ether oxygens (including phenoxy) is 1. The van der Waals surface area contributed by atoms with Crippen LogP contribution in [0.5, 0.6) is 5.75 Å². The van der Waals surface area contributed by atoms with Crippen molar-refractivity contribution in [2.75, 3.05) is 7.11 Å². The second-order valence-corrected chi connectivity index (χ2v) is 7.50. The summed E-state index contributed by atoms with van der Waals surface area (Å²) in [4.78, 5) is 17.7. The zero-order chi connectivity index (χ0) is 17.6. The van der Waals surface area contributed by atoms with Crippen molar-refractivity contribution in [2.24, 2.45) is 5.92 Å². The first-order valence-corrected chi connectivity index (χ1v) is 9.15. The topological polar surface area (TPSA) is 55.2 Å². The van der Waals surface area contributed by atoms with Crippen LogP contribution in [0, 0.1) is 5.92 Å². The summed E-state index contributed by atoms with van der Waals surface area (Å²) in [6.45, 7) is 4.30. The lowest BCUT2D eigenvalue weighted by atomic mass is 10.1. The average molecular weight is 353 g/mol. The highest BCUT2D eigenvalue weighted by Gasteiger charge is 2.20. The van der Waals surface area contributed by atoms with E-state index in [9.17, 15) is 4.79 Å². The molecule has 5 heteroatoms. The molecule has 1 aromatic carbocycles. The highest BCUT2D eigenvalue weighted by molar-refractivity contribution is 7.13. The number of nitrogens with one attached hydrogen (secondary N) is 1. The lowest BCUT2D eigenvalue weighted by Crippen LogP contribution is -2.02. The summed E-state index contributed by atoms with van der Waals surface area (Å²) in [5.74, 6) is 1.12. The molecule has 0 saturated carbocycles. The Morgan fingerprint density at radius 2 is 2.12 bits per heavy atom. The van der Waals surface area contributed by atoms with Crippen molar-refractivity contribution in [3.63, 3.8) is 0 Å². The van der Waals surface area contributed by atoms with Crippen LogP contribution in [0.15, 0.2) is 44.9 Å². The third-order valence-corrected chi connectivity index (χ3v) is 5.17. The largest absolute Gasteiger partial charge is 0.497 e. The van der Waals surface area contributed by atoms with E-state index < -0.39 is 0 Å². The lowest BCUT2D eigenvalue weighted by Gasteiger charge is -2.04. The molecule has 0 fully saturated rings. The molecule has 4 aromatic rings. The standard InChI is InChI=1S/C20H19NO3S/c1-11(2)9-14-20-17(18(21-14)16-5-4-8-25-16)19(22)13-7-6-12(23-3)10-15(13)24-20/h4-8,10-11,21H,9H2,1-3H3. The number of rotatable bonds is 4. The molecule has 0 spiro atoms. The van der Waals surface area contributed by atoms with Gasteiger partial charge in [-0.05, 0) is 35.9 Å². The number of aromatic amines is 1. The Hall–Kier alpha value is -2.53. The fourth-order valence-corrected chi connectivity index (χ4v) is 3.90. The highest BCUT2D eigenvalue weighted by atomic mass is 32.1. The van der Waals surface area contributed by atoms with Crippen LogP contribution in [-0.4, -0.2) is 12.1 Å². The van der Waals surface area contributed by atoms with Gasteiger partial charge in [-0.1, -0.05) is 19.9 Å². The van der Waals surface area contributed by atoms with Gasteiger partial charge in [0.05, 0.1) is 34.1 Å². The molecule has 4 rings (SSSR count). The Kier molecular flexibility index (Phi) is 3.88. The minimum Gasteiger partial charge on any atom is -0.497 e. The number of hydrogen-bond donors (Lipinski definition) is 1. The summed E-state index contributed by atoms with van der Waals surface area (Å²) in [5.41, 5.74) is 3.03. The minimum absolute atomic E-state index is 0.00596. The number of thiophene rings is 1. The van der Waals surface area contributed by atoms with Crippen molar-refractivity contribution in [3.05, 3.63) is 51.6 Å². The maximum Gasteiger partial charge on any atom is 0.202 e. The molecule has 3 aromatic heterocycles. The summed E-state index contributed by atoms with van der Waals surface area (Å²) >= 11 is 1.61. The normalized spacial score (nSPS) is 11.7. The Morgan fingerprint density at radius 3 is 2.80 bits per heavy atom. The van der Waals surface area contributed by atoms with Gasteiger partial charge in [-0.25, -0.2) is 0 Å². The molecule has 0 amide bonds. The monoisotopic (exact) mass is 353 g/mol. The van der Waals surface area contributed by atoms with E-state index in [0.717, 1.165) is 22.7 Å². The van der Waals surface area contributed by atoms with Crippen LogP contribution in [0.25, 0.3) is 32.5 Å². The number of fused-ring (bicyclic) bond motifs is 2. The maximum atomic E-state index is 13.2. The molecular weight excluding hydrogens is 334 g/mol. The molecule has 0 atom stereocenters. The van der Waals surface area contributed by atoms with Crippen molar-refractivity contribution < 1.29 is 9.15 Å². The molecular formula is C20H19NO3S. The number of H-pyrrole nitrogens is 1. The molecule has 25 heavy (non-hydrogen) atoms. The zero-order valence-corrected chi connectivity index (χ0v) is 15.2. The Labute approximate surface area is 149 Å². The minimum atomic E-state index is -0.00596. The molecule has 1 N–H and O–H groups in total. The quantitative estimate of drug-likeness (QED) is 0.548. The van der Waals surface area contributed by atoms with E-state index in [2.05, 4.69) is 18.8 Å². The van der Waals surface area contributed by atoms with Crippen molar-refractivity contribution >= 4 is 33.3 Å². The molecule has 0 aliphatic rings. The van der Waals surface area contributed by atoms with Gasteiger partial charge < -0.3 is 14.1 Å². The third-order valence-electron chi connectivity index (χ3n) is 4.28. The number of methoxy groups -OCH3 is 1.